The molecule has 6 nitrogen and oxygen atoms in total. The van der Waals surface area contributed by atoms with Crippen LogP contribution in [0.3, 0.4) is 0 Å². The maximum absolute atomic E-state index is 11.9. The van der Waals surface area contributed by atoms with E-state index in [9.17, 15) is 9.59 Å². The van der Waals surface area contributed by atoms with Crippen molar-refractivity contribution in [2.75, 3.05) is 17.6 Å². The van der Waals surface area contributed by atoms with E-state index in [2.05, 4.69) is 36.5 Å². The fourth-order valence-electron chi connectivity index (χ4n) is 2.08. The second kappa shape index (κ2) is 8.96. The van der Waals surface area contributed by atoms with Gasteiger partial charge in [0.1, 0.15) is 0 Å². The maximum Gasteiger partial charge on any atom is 0.243 e. The van der Waals surface area contributed by atoms with Gasteiger partial charge < -0.3 is 10.6 Å². The van der Waals surface area contributed by atoms with Crippen LogP contribution in [0.4, 0.5) is 5.69 Å². The zero-order chi connectivity index (χ0) is 18.4. The van der Waals surface area contributed by atoms with Crippen LogP contribution in [0.2, 0.25) is 0 Å². The molecule has 8 heteroatoms. The zero-order valence-electron chi connectivity index (χ0n) is 14.2. The third-order valence-corrected chi connectivity index (χ3v) is 4.54. The molecule has 0 spiro atoms. The molecule has 0 atom stereocenters. The normalized spacial score (nSPS) is 10.4. The summed E-state index contributed by atoms with van der Waals surface area (Å²) < 4.78 is 0.946. The van der Waals surface area contributed by atoms with E-state index >= 15 is 0 Å². The van der Waals surface area contributed by atoms with Gasteiger partial charge in [-0.05, 0) is 50.6 Å². The summed E-state index contributed by atoms with van der Waals surface area (Å²) in [6.07, 6.45) is 0. The molecule has 2 rings (SSSR count). The van der Waals surface area contributed by atoms with Gasteiger partial charge in [-0.25, -0.2) is 9.97 Å². The first-order valence-corrected chi connectivity index (χ1v) is 9.39. The molecule has 0 fully saturated rings. The molecule has 2 N–H and O–H groups in total. The van der Waals surface area contributed by atoms with Gasteiger partial charge in [0.25, 0.3) is 0 Å². The number of hydrogen-bond acceptors (Lipinski definition) is 5. The zero-order valence-corrected chi connectivity index (χ0v) is 16.6. The largest absolute Gasteiger partial charge is 0.346 e. The summed E-state index contributed by atoms with van der Waals surface area (Å²) in [5, 5.41) is 5.93. The summed E-state index contributed by atoms with van der Waals surface area (Å²) >= 11 is 4.62. The predicted molar refractivity (Wildman–Crippen MR) is 103 cm³/mol. The highest BCUT2D eigenvalue weighted by atomic mass is 79.9. The van der Waals surface area contributed by atoms with Crippen molar-refractivity contribution in [2.45, 2.75) is 25.9 Å². The minimum atomic E-state index is -0.272. The molecule has 0 unspecified atom stereocenters. The van der Waals surface area contributed by atoms with Gasteiger partial charge in [-0.3, -0.25) is 9.59 Å². The van der Waals surface area contributed by atoms with Gasteiger partial charge in [-0.15, -0.1) is 0 Å². The lowest BCUT2D eigenvalue weighted by molar-refractivity contribution is -0.122. The number of benzene rings is 1. The Morgan fingerprint density at radius 1 is 1.08 bits per heavy atom. The summed E-state index contributed by atoms with van der Waals surface area (Å²) in [7, 11) is 0. The second-order valence-electron chi connectivity index (χ2n) is 5.51. The van der Waals surface area contributed by atoms with Crippen LogP contribution >= 0.6 is 27.7 Å². The maximum atomic E-state index is 11.9. The number of aromatic nitrogens is 2. The molecule has 132 valence electrons. The molecule has 1 aromatic carbocycles. The van der Waals surface area contributed by atoms with E-state index in [1.165, 1.54) is 11.8 Å². The van der Waals surface area contributed by atoms with Crippen molar-refractivity contribution in [3.8, 4) is 0 Å². The fourth-order valence-corrected chi connectivity index (χ4v) is 3.33. The van der Waals surface area contributed by atoms with Gasteiger partial charge in [-0.1, -0.05) is 27.7 Å². The first-order chi connectivity index (χ1) is 11.8. The van der Waals surface area contributed by atoms with Gasteiger partial charge in [0, 0.05) is 21.5 Å². The van der Waals surface area contributed by atoms with E-state index in [4.69, 9.17) is 0 Å². The highest BCUT2D eigenvalue weighted by Crippen LogP contribution is 2.19. The molecule has 0 saturated heterocycles. The van der Waals surface area contributed by atoms with Crippen molar-refractivity contribution in [2.24, 2.45) is 0 Å². The smallest absolute Gasteiger partial charge is 0.243 e. The van der Waals surface area contributed by atoms with Crippen molar-refractivity contribution in [3.05, 3.63) is 45.7 Å². The molecule has 0 aliphatic heterocycles. The Bertz CT molecular complexity index is 778. The van der Waals surface area contributed by atoms with Gasteiger partial charge in [-0.2, -0.15) is 0 Å². The van der Waals surface area contributed by atoms with Gasteiger partial charge in [0.2, 0.25) is 11.8 Å². The molecule has 25 heavy (non-hydrogen) atoms. The van der Waals surface area contributed by atoms with Crippen molar-refractivity contribution in [3.63, 3.8) is 0 Å². The van der Waals surface area contributed by atoms with Crippen LogP contribution in [0.5, 0.6) is 0 Å². The number of nitrogens with zero attached hydrogens (tertiary/aromatic N) is 2. The highest BCUT2D eigenvalue weighted by molar-refractivity contribution is 9.10. The first-order valence-electron chi connectivity index (χ1n) is 7.61. The Kier molecular flexibility index (Phi) is 6.95. The lowest BCUT2D eigenvalue weighted by atomic mass is 10.2. The molecule has 2 amide bonds. The van der Waals surface area contributed by atoms with Crippen LogP contribution in [0.25, 0.3) is 0 Å². The second-order valence-corrected chi connectivity index (χ2v) is 7.36. The molecule has 1 aromatic heterocycles. The van der Waals surface area contributed by atoms with Gasteiger partial charge in [0.15, 0.2) is 5.16 Å². The predicted octanol–water partition coefficient (Wildman–Crippen LogP) is 3.01. The number of thioether (sulfide) groups is 1. The Balaban J connectivity index is 1.78. The van der Waals surface area contributed by atoms with Crippen LogP contribution in [0.15, 0.2) is 33.9 Å². The molecule has 0 radical (unpaired) electrons. The molecule has 0 saturated carbocycles. The third kappa shape index (κ3) is 6.47. The molecule has 1 heterocycles. The lowest BCUT2D eigenvalue weighted by Crippen LogP contribution is -2.34. The molecular weight excluding hydrogens is 404 g/mol. The Hall–Kier alpha value is -1.93. The lowest BCUT2D eigenvalue weighted by Gasteiger charge is -2.09. The number of amides is 2. The van der Waals surface area contributed by atoms with E-state index in [1.54, 1.807) is 0 Å². The van der Waals surface area contributed by atoms with Crippen molar-refractivity contribution < 1.29 is 9.59 Å². The number of carbonyl (C=O) groups is 2. The van der Waals surface area contributed by atoms with E-state index < -0.39 is 0 Å². The van der Waals surface area contributed by atoms with Crippen molar-refractivity contribution >= 4 is 45.2 Å². The SMILES string of the molecule is Cc1cc(C)nc(SCC(=O)NCC(=O)Nc2ccc(Br)cc2C)n1. The van der Waals surface area contributed by atoms with E-state index in [0.717, 1.165) is 27.1 Å². The number of halogens is 1. The van der Waals surface area contributed by atoms with Crippen molar-refractivity contribution in [1.82, 2.24) is 15.3 Å². The van der Waals surface area contributed by atoms with Gasteiger partial charge >= 0.3 is 0 Å². The number of hydrogen-bond donors (Lipinski definition) is 2. The Labute approximate surface area is 159 Å². The third-order valence-electron chi connectivity index (χ3n) is 3.20. The highest BCUT2D eigenvalue weighted by Gasteiger charge is 2.09. The van der Waals surface area contributed by atoms with Crippen molar-refractivity contribution in [1.29, 1.82) is 0 Å². The molecule has 0 bridgehead atoms. The van der Waals surface area contributed by atoms with Gasteiger partial charge in [0.05, 0.1) is 12.3 Å². The minimum Gasteiger partial charge on any atom is -0.346 e. The summed E-state index contributed by atoms with van der Waals surface area (Å²) in [5.74, 6) is -0.352. The Morgan fingerprint density at radius 2 is 1.76 bits per heavy atom. The number of anilines is 1. The van der Waals surface area contributed by atoms with Crippen LogP contribution in [-0.2, 0) is 9.59 Å². The van der Waals surface area contributed by atoms with Crippen LogP contribution in [0.1, 0.15) is 17.0 Å². The molecule has 0 aliphatic carbocycles. The number of nitrogens with one attached hydrogen (secondary N) is 2. The van der Waals surface area contributed by atoms with E-state index in [-0.39, 0.29) is 24.1 Å². The minimum absolute atomic E-state index is 0.0808. The topological polar surface area (TPSA) is 84.0 Å². The molecule has 0 aliphatic rings. The Morgan fingerprint density at radius 3 is 2.40 bits per heavy atom. The average molecular weight is 423 g/mol. The standard InChI is InChI=1S/C17H19BrN4O2S/c1-10-6-13(18)4-5-14(10)22-15(23)8-19-16(24)9-25-17-20-11(2)7-12(3)21-17/h4-7H,8-9H2,1-3H3,(H,19,24)(H,22,23). The molecular formula is C17H19BrN4O2S. The first kappa shape index (κ1) is 19.4. The van der Waals surface area contributed by atoms with Crippen LogP contribution < -0.4 is 10.6 Å². The van der Waals surface area contributed by atoms with Crippen LogP contribution in [0, 0.1) is 20.8 Å². The van der Waals surface area contributed by atoms with Crippen LogP contribution in [-0.4, -0.2) is 34.1 Å². The van der Waals surface area contributed by atoms with E-state index in [1.807, 2.05) is 45.0 Å². The summed E-state index contributed by atoms with van der Waals surface area (Å²) in [4.78, 5) is 32.4. The quantitative estimate of drug-likeness (QED) is 0.551. The monoisotopic (exact) mass is 422 g/mol. The summed E-state index contributed by atoms with van der Waals surface area (Å²) in [5.41, 5.74) is 3.39. The number of carbonyl (C=O) groups excluding carboxylic acids is 2. The average Bonchev–Trinajstić information content (AvgIpc) is 2.53. The number of aryl methyl sites for hydroxylation is 3. The fraction of sp³-hybridized carbons (Fsp3) is 0.294. The summed E-state index contributed by atoms with van der Waals surface area (Å²) in [6, 6.07) is 7.45. The molecule has 2 aromatic rings. The van der Waals surface area contributed by atoms with E-state index in [0.29, 0.717) is 5.16 Å². The summed E-state index contributed by atoms with van der Waals surface area (Å²) in [6.45, 7) is 5.59. The number of rotatable bonds is 6.